The molecule has 1 aliphatic rings. The van der Waals surface area contributed by atoms with Gasteiger partial charge in [-0.15, -0.1) is 0 Å². The van der Waals surface area contributed by atoms with Crippen molar-refractivity contribution in [2.24, 2.45) is 16.5 Å². The number of aliphatic hydroxyl groups excluding tert-OH is 1. The first-order valence-corrected chi connectivity index (χ1v) is 7.11. The third kappa shape index (κ3) is 2.57. The van der Waals surface area contributed by atoms with Crippen molar-refractivity contribution in [1.29, 1.82) is 0 Å². The number of carbonyl (C=O) groups excluding carboxylic acids is 2. The minimum atomic E-state index is -1.69. The SMILES string of the molecule is COC(=O)C1(C(=O)OC)C[C@H](CO)/C(=N\O)[C@H]1c1ccccc1. The van der Waals surface area contributed by atoms with Crippen molar-refractivity contribution in [3.8, 4) is 0 Å². The van der Waals surface area contributed by atoms with Crippen molar-refractivity contribution in [3.63, 3.8) is 0 Å². The number of oxime groups is 1. The predicted molar refractivity (Wildman–Crippen MR) is 80.1 cm³/mol. The Balaban J connectivity index is 2.70. The van der Waals surface area contributed by atoms with Gasteiger partial charge in [-0.05, 0) is 12.0 Å². The second kappa shape index (κ2) is 6.78. The van der Waals surface area contributed by atoms with Gasteiger partial charge in [0.25, 0.3) is 0 Å². The molecule has 7 nitrogen and oxygen atoms in total. The smallest absolute Gasteiger partial charge is 0.324 e. The highest BCUT2D eigenvalue weighted by Gasteiger charge is 2.63. The second-order valence-electron chi connectivity index (χ2n) is 5.41. The van der Waals surface area contributed by atoms with E-state index in [1.807, 2.05) is 0 Å². The lowest BCUT2D eigenvalue weighted by atomic mass is 9.73. The molecule has 2 rings (SSSR count). The third-order valence-corrected chi connectivity index (χ3v) is 4.34. The molecule has 0 aliphatic heterocycles. The zero-order chi connectivity index (χ0) is 17.0. The summed E-state index contributed by atoms with van der Waals surface area (Å²) in [7, 11) is 2.36. The summed E-state index contributed by atoms with van der Waals surface area (Å²) in [6, 6.07) is 8.72. The molecule has 0 heterocycles. The number of hydrogen-bond donors (Lipinski definition) is 2. The number of ether oxygens (including phenoxy) is 2. The summed E-state index contributed by atoms with van der Waals surface area (Å²) < 4.78 is 9.68. The molecule has 0 spiro atoms. The highest BCUT2D eigenvalue weighted by atomic mass is 16.5. The molecular formula is C16H19NO6. The molecule has 1 saturated carbocycles. The first-order valence-electron chi connectivity index (χ1n) is 7.11. The quantitative estimate of drug-likeness (QED) is 0.370. The maximum absolute atomic E-state index is 12.5. The van der Waals surface area contributed by atoms with Gasteiger partial charge in [0, 0.05) is 5.92 Å². The molecule has 0 aromatic heterocycles. The second-order valence-corrected chi connectivity index (χ2v) is 5.41. The van der Waals surface area contributed by atoms with E-state index in [0.717, 1.165) is 0 Å². The molecule has 1 aliphatic carbocycles. The highest BCUT2D eigenvalue weighted by Crippen LogP contribution is 2.52. The fraction of sp³-hybridized carbons (Fsp3) is 0.438. The summed E-state index contributed by atoms with van der Waals surface area (Å²) in [6.45, 7) is -0.363. The molecule has 0 saturated heterocycles. The number of hydrogen-bond acceptors (Lipinski definition) is 7. The topological polar surface area (TPSA) is 105 Å². The number of nitrogens with zero attached hydrogens (tertiary/aromatic N) is 1. The van der Waals surface area contributed by atoms with Crippen molar-refractivity contribution in [2.45, 2.75) is 12.3 Å². The minimum Gasteiger partial charge on any atom is -0.468 e. The summed E-state index contributed by atoms with van der Waals surface area (Å²) in [5.74, 6) is -3.08. The van der Waals surface area contributed by atoms with Gasteiger partial charge in [-0.1, -0.05) is 35.5 Å². The zero-order valence-electron chi connectivity index (χ0n) is 12.9. The molecule has 1 aromatic rings. The van der Waals surface area contributed by atoms with Crippen molar-refractivity contribution >= 4 is 17.7 Å². The normalized spacial score (nSPS) is 24.4. The number of carbonyl (C=O) groups is 2. The monoisotopic (exact) mass is 321 g/mol. The Bertz CT molecular complexity index is 596. The Hall–Kier alpha value is -2.41. The number of methoxy groups -OCH3 is 2. The van der Waals surface area contributed by atoms with Gasteiger partial charge in [0.15, 0.2) is 5.41 Å². The molecule has 2 atom stereocenters. The van der Waals surface area contributed by atoms with Gasteiger partial charge in [0.1, 0.15) is 0 Å². The largest absolute Gasteiger partial charge is 0.468 e. The van der Waals surface area contributed by atoms with Gasteiger partial charge in [-0.3, -0.25) is 9.59 Å². The Morgan fingerprint density at radius 1 is 1.22 bits per heavy atom. The van der Waals surface area contributed by atoms with Crippen molar-refractivity contribution in [3.05, 3.63) is 35.9 Å². The minimum absolute atomic E-state index is 0.0538. The van der Waals surface area contributed by atoms with E-state index in [1.165, 1.54) is 14.2 Å². The van der Waals surface area contributed by atoms with Crippen molar-refractivity contribution in [1.82, 2.24) is 0 Å². The van der Waals surface area contributed by atoms with Crippen LogP contribution in [-0.2, 0) is 19.1 Å². The van der Waals surface area contributed by atoms with E-state index < -0.39 is 29.2 Å². The van der Waals surface area contributed by atoms with E-state index in [0.29, 0.717) is 5.56 Å². The van der Waals surface area contributed by atoms with Crippen LogP contribution < -0.4 is 0 Å². The fourth-order valence-electron chi connectivity index (χ4n) is 3.35. The third-order valence-electron chi connectivity index (χ3n) is 4.34. The predicted octanol–water partition coefficient (Wildman–Crippen LogP) is 0.945. The molecule has 23 heavy (non-hydrogen) atoms. The van der Waals surface area contributed by atoms with Gasteiger partial charge in [0.2, 0.25) is 0 Å². The van der Waals surface area contributed by atoms with Gasteiger partial charge in [-0.2, -0.15) is 0 Å². The van der Waals surface area contributed by atoms with Crippen molar-refractivity contribution < 1.29 is 29.4 Å². The average molecular weight is 321 g/mol. The van der Waals surface area contributed by atoms with E-state index in [-0.39, 0.29) is 18.7 Å². The summed E-state index contributed by atoms with van der Waals surface area (Å²) in [6.07, 6.45) is -0.0538. The molecule has 124 valence electrons. The summed E-state index contributed by atoms with van der Waals surface area (Å²) in [5.41, 5.74) is -0.929. The van der Waals surface area contributed by atoms with Crippen LogP contribution in [0, 0.1) is 11.3 Å². The summed E-state index contributed by atoms with van der Waals surface area (Å²) in [5, 5.41) is 22.3. The molecule has 0 radical (unpaired) electrons. The van der Waals surface area contributed by atoms with Crippen LogP contribution in [0.1, 0.15) is 17.9 Å². The Morgan fingerprint density at radius 2 is 1.78 bits per heavy atom. The van der Waals surface area contributed by atoms with Crippen LogP contribution in [0.3, 0.4) is 0 Å². The van der Waals surface area contributed by atoms with E-state index in [4.69, 9.17) is 9.47 Å². The van der Waals surface area contributed by atoms with Gasteiger partial charge in [0.05, 0.1) is 32.5 Å². The van der Waals surface area contributed by atoms with Crippen LogP contribution in [-0.4, -0.2) is 48.8 Å². The summed E-state index contributed by atoms with van der Waals surface area (Å²) >= 11 is 0. The lowest BCUT2D eigenvalue weighted by molar-refractivity contribution is -0.169. The van der Waals surface area contributed by atoms with Gasteiger partial charge in [-0.25, -0.2) is 0 Å². The highest BCUT2D eigenvalue weighted by molar-refractivity contribution is 6.12. The molecule has 0 unspecified atom stereocenters. The number of aliphatic hydroxyl groups is 1. The molecule has 0 bridgehead atoms. The summed E-state index contributed by atoms with van der Waals surface area (Å²) in [4.78, 5) is 25.0. The molecule has 7 heteroatoms. The fourth-order valence-corrected chi connectivity index (χ4v) is 3.35. The van der Waals surface area contributed by atoms with Gasteiger partial charge >= 0.3 is 11.9 Å². The Labute approximate surface area is 133 Å². The van der Waals surface area contributed by atoms with Crippen molar-refractivity contribution in [2.75, 3.05) is 20.8 Å². The van der Waals surface area contributed by atoms with E-state index in [2.05, 4.69) is 5.16 Å². The first kappa shape index (κ1) is 17.0. The zero-order valence-corrected chi connectivity index (χ0v) is 12.9. The van der Waals surface area contributed by atoms with Crippen LogP contribution in [0.15, 0.2) is 35.5 Å². The maximum atomic E-state index is 12.5. The molecule has 1 fully saturated rings. The number of rotatable bonds is 4. The van der Waals surface area contributed by atoms with Crippen LogP contribution in [0.25, 0.3) is 0 Å². The molecule has 1 aromatic carbocycles. The number of benzene rings is 1. The average Bonchev–Trinajstić information content (AvgIpc) is 2.96. The van der Waals surface area contributed by atoms with Gasteiger partial charge < -0.3 is 19.8 Å². The molecular weight excluding hydrogens is 302 g/mol. The van der Waals surface area contributed by atoms with Crippen LogP contribution >= 0.6 is 0 Å². The first-order chi connectivity index (χ1) is 11.1. The number of esters is 2. The van der Waals surface area contributed by atoms with Crippen LogP contribution in [0.4, 0.5) is 0 Å². The molecule has 0 amide bonds. The maximum Gasteiger partial charge on any atom is 0.324 e. The van der Waals surface area contributed by atoms with E-state index >= 15 is 0 Å². The van der Waals surface area contributed by atoms with E-state index in [1.54, 1.807) is 30.3 Å². The van der Waals surface area contributed by atoms with E-state index in [9.17, 15) is 19.9 Å². The molecule has 2 N–H and O–H groups in total. The lowest BCUT2D eigenvalue weighted by Crippen LogP contribution is -2.44. The Kier molecular flexibility index (Phi) is 5.00. The standard InChI is InChI=1S/C16H19NO6/c1-22-14(19)16(15(20)23-2)8-11(9-18)13(17-21)12(16)10-6-4-3-5-7-10/h3-7,11-12,18,21H,8-9H2,1-2H3/b17-13+/t11-,12-/m1/s1. The Morgan fingerprint density at radius 3 is 2.22 bits per heavy atom. The lowest BCUT2D eigenvalue weighted by Gasteiger charge is -2.29. The van der Waals surface area contributed by atoms with Crippen LogP contribution in [0.5, 0.6) is 0 Å². The van der Waals surface area contributed by atoms with Crippen LogP contribution in [0.2, 0.25) is 0 Å².